The van der Waals surface area contributed by atoms with E-state index in [1.807, 2.05) is 6.20 Å². The van der Waals surface area contributed by atoms with Gasteiger partial charge in [-0.25, -0.2) is 4.98 Å². The van der Waals surface area contributed by atoms with Gasteiger partial charge in [0.2, 0.25) is 0 Å². The zero-order valence-corrected chi connectivity index (χ0v) is 18.2. The number of benzene rings is 1. The quantitative estimate of drug-likeness (QED) is 0.677. The molecule has 8 nitrogen and oxygen atoms in total. The Morgan fingerprint density at radius 3 is 2.69 bits per heavy atom. The van der Waals surface area contributed by atoms with Gasteiger partial charge >= 0.3 is 0 Å². The van der Waals surface area contributed by atoms with Crippen LogP contribution in [0.4, 0.5) is 5.69 Å². The zero-order chi connectivity index (χ0) is 21.3. The summed E-state index contributed by atoms with van der Waals surface area (Å²) in [5.41, 5.74) is 5.31. The average molecular weight is 433 g/mol. The highest BCUT2D eigenvalue weighted by atomic mass is 16.5. The molecule has 0 radical (unpaired) electrons. The molecule has 0 amide bonds. The molecular formula is C24H28N6O2. The number of anilines is 1. The molecule has 0 atom stereocenters. The normalized spacial score (nSPS) is 18.7. The molecular weight excluding hydrogens is 404 g/mol. The van der Waals surface area contributed by atoms with Gasteiger partial charge in [0.05, 0.1) is 42.2 Å². The number of pyridine rings is 1. The van der Waals surface area contributed by atoms with Gasteiger partial charge in [-0.05, 0) is 24.3 Å². The van der Waals surface area contributed by atoms with Crippen molar-refractivity contribution in [2.45, 2.75) is 13.2 Å². The van der Waals surface area contributed by atoms with Crippen molar-refractivity contribution in [1.82, 2.24) is 24.8 Å². The Morgan fingerprint density at radius 2 is 1.88 bits per heavy atom. The molecule has 3 aromatic rings. The Bertz CT molecular complexity index is 1080. The van der Waals surface area contributed by atoms with Gasteiger partial charge < -0.3 is 19.7 Å². The van der Waals surface area contributed by atoms with Crippen molar-refractivity contribution in [3.63, 3.8) is 0 Å². The van der Waals surface area contributed by atoms with Crippen LogP contribution in [0.5, 0.6) is 5.75 Å². The summed E-state index contributed by atoms with van der Waals surface area (Å²) in [5, 5.41) is 3.39. The molecule has 2 fully saturated rings. The van der Waals surface area contributed by atoms with Crippen LogP contribution in [0.15, 0.2) is 42.7 Å². The van der Waals surface area contributed by atoms with Crippen LogP contribution in [0.2, 0.25) is 0 Å². The summed E-state index contributed by atoms with van der Waals surface area (Å²) >= 11 is 0. The first-order valence-electron chi connectivity index (χ1n) is 11.4. The fourth-order valence-corrected chi connectivity index (χ4v) is 4.64. The fourth-order valence-electron chi connectivity index (χ4n) is 4.64. The SMILES string of the molecule is c1cc2c(cc1-c1ccc(N3CCNCC3)cn1)OCc1nc(CN3CCOCC3)cn1-2. The molecule has 0 aliphatic carbocycles. The topological polar surface area (TPSA) is 67.7 Å². The van der Waals surface area contributed by atoms with Crippen molar-refractivity contribution in [1.29, 1.82) is 0 Å². The number of nitrogens with one attached hydrogen (secondary N) is 1. The molecule has 1 aromatic carbocycles. The van der Waals surface area contributed by atoms with Crippen molar-refractivity contribution in [3.8, 4) is 22.7 Å². The highest BCUT2D eigenvalue weighted by Gasteiger charge is 2.22. The van der Waals surface area contributed by atoms with Gasteiger partial charge in [0.25, 0.3) is 0 Å². The number of nitrogens with zero attached hydrogens (tertiary/aromatic N) is 5. The maximum absolute atomic E-state index is 6.07. The zero-order valence-electron chi connectivity index (χ0n) is 18.2. The predicted molar refractivity (Wildman–Crippen MR) is 122 cm³/mol. The lowest BCUT2D eigenvalue weighted by Crippen LogP contribution is -2.43. The van der Waals surface area contributed by atoms with Crippen molar-refractivity contribution >= 4 is 5.69 Å². The Hall–Kier alpha value is -2.94. The summed E-state index contributed by atoms with van der Waals surface area (Å²) in [6.07, 6.45) is 4.12. The molecule has 166 valence electrons. The van der Waals surface area contributed by atoms with Gasteiger partial charge in [0.1, 0.15) is 12.4 Å². The molecule has 5 heterocycles. The Labute approximate surface area is 187 Å². The number of hydrogen-bond acceptors (Lipinski definition) is 7. The number of morpholine rings is 1. The number of imidazole rings is 1. The average Bonchev–Trinajstić information content (AvgIpc) is 3.28. The lowest BCUT2D eigenvalue weighted by atomic mass is 10.1. The van der Waals surface area contributed by atoms with Crippen LogP contribution in [0.3, 0.4) is 0 Å². The fraction of sp³-hybridized carbons (Fsp3) is 0.417. The van der Waals surface area contributed by atoms with Crippen molar-refractivity contribution in [2.24, 2.45) is 0 Å². The van der Waals surface area contributed by atoms with E-state index in [2.05, 4.69) is 56.2 Å². The van der Waals surface area contributed by atoms with Crippen LogP contribution >= 0.6 is 0 Å². The second-order valence-corrected chi connectivity index (χ2v) is 8.52. The Balaban J connectivity index is 1.22. The molecule has 0 spiro atoms. The Morgan fingerprint density at radius 1 is 1.00 bits per heavy atom. The van der Waals surface area contributed by atoms with Crippen LogP contribution in [-0.4, -0.2) is 71.9 Å². The number of fused-ring (bicyclic) bond motifs is 3. The standard InChI is InChI=1S/C24H28N6O2/c1-4-22-23(13-18(1)21-3-2-20(14-26-21)29-7-5-25-6-8-29)32-17-24-27-19(16-30(22)24)15-28-9-11-31-12-10-28/h1-4,13-14,16,25H,5-12,15,17H2. The minimum Gasteiger partial charge on any atom is -0.483 e. The van der Waals surface area contributed by atoms with E-state index in [4.69, 9.17) is 19.4 Å². The molecule has 8 heteroatoms. The van der Waals surface area contributed by atoms with Gasteiger partial charge in [0, 0.05) is 57.6 Å². The van der Waals surface area contributed by atoms with E-state index in [0.717, 1.165) is 93.2 Å². The molecule has 3 aliphatic heterocycles. The highest BCUT2D eigenvalue weighted by molar-refractivity contribution is 5.67. The van der Waals surface area contributed by atoms with Gasteiger partial charge in [-0.3, -0.25) is 14.5 Å². The third-order valence-corrected chi connectivity index (χ3v) is 6.42. The maximum atomic E-state index is 6.07. The molecule has 1 N–H and O–H groups in total. The number of aromatic nitrogens is 3. The largest absolute Gasteiger partial charge is 0.483 e. The van der Waals surface area contributed by atoms with Gasteiger partial charge in [0.15, 0.2) is 5.82 Å². The second kappa shape index (κ2) is 8.54. The summed E-state index contributed by atoms with van der Waals surface area (Å²) in [4.78, 5) is 14.3. The van der Waals surface area contributed by atoms with E-state index >= 15 is 0 Å². The van der Waals surface area contributed by atoms with E-state index in [1.165, 1.54) is 5.69 Å². The van der Waals surface area contributed by atoms with E-state index in [9.17, 15) is 0 Å². The van der Waals surface area contributed by atoms with Crippen molar-refractivity contribution < 1.29 is 9.47 Å². The van der Waals surface area contributed by atoms with E-state index < -0.39 is 0 Å². The first-order valence-corrected chi connectivity index (χ1v) is 11.4. The van der Waals surface area contributed by atoms with E-state index in [-0.39, 0.29) is 0 Å². The first-order chi connectivity index (χ1) is 15.8. The molecule has 3 aliphatic rings. The minimum absolute atomic E-state index is 0.481. The summed E-state index contributed by atoms with van der Waals surface area (Å²) in [7, 11) is 0. The molecule has 32 heavy (non-hydrogen) atoms. The minimum atomic E-state index is 0.481. The third kappa shape index (κ3) is 3.85. The Kier molecular flexibility index (Phi) is 5.26. The molecule has 2 aromatic heterocycles. The number of hydrogen-bond donors (Lipinski definition) is 1. The van der Waals surface area contributed by atoms with E-state index in [0.29, 0.717) is 6.61 Å². The molecule has 2 saturated heterocycles. The molecule has 6 rings (SSSR count). The summed E-state index contributed by atoms with van der Waals surface area (Å²) in [5.74, 6) is 1.82. The molecule has 0 unspecified atom stereocenters. The number of rotatable bonds is 4. The van der Waals surface area contributed by atoms with Gasteiger partial charge in [-0.1, -0.05) is 6.07 Å². The van der Waals surface area contributed by atoms with Crippen molar-refractivity contribution in [3.05, 3.63) is 54.2 Å². The van der Waals surface area contributed by atoms with Crippen LogP contribution in [0, 0.1) is 0 Å². The van der Waals surface area contributed by atoms with Crippen LogP contribution in [-0.2, 0) is 17.9 Å². The van der Waals surface area contributed by atoms with Gasteiger partial charge in [-0.2, -0.15) is 0 Å². The lowest BCUT2D eigenvalue weighted by molar-refractivity contribution is 0.0337. The summed E-state index contributed by atoms with van der Waals surface area (Å²) < 4.78 is 13.7. The van der Waals surface area contributed by atoms with Crippen molar-refractivity contribution in [2.75, 3.05) is 57.4 Å². The summed E-state index contributed by atoms with van der Waals surface area (Å²) in [6.45, 7) is 8.93. The van der Waals surface area contributed by atoms with Crippen LogP contribution in [0.1, 0.15) is 11.5 Å². The highest BCUT2D eigenvalue weighted by Crippen LogP contribution is 2.34. The smallest absolute Gasteiger partial charge is 0.151 e. The maximum Gasteiger partial charge on any atom is 0.151 e. The number of ether oxygens (including phenoxy) is 2. The second-order valence-electron chi connectivity index (χ2n) is 8.52. The monoisotopic (exact) mass is 432 g/mol. The summed E-state index contributed by atoms with van der Waals surface area (Å²) in [6, 6.07) is 10.6. The van der Waals surface area contributed by atoms with Gasteiger partial charge in [-0.15, -0.1) is 0 Å². The molecule has 0 bridgehead atoms. The van der Waals surface area contributed by atoms with E-state index in [1.54, 1.807) is 0 Å². The van der Waals surface area contributed by atoms with Crippen LogP contribution in [0.25, 0.3) is 16.9 Å². The van der Waals surface area contributed by atoms with Crippen LogP contribution < -0.4 is 15.0 Å². The lowest BCUT2D eigenvalue weighted by Gasteiger charge is -2.29. The molecule has 0 saturated carbocycles. The predicted octanol–water partition coefficient (Wildman–Crippen LogP) is 2.07. The number of piperazine rings is 1. The third-order valence-electron chi connectivity index (χ3n) is 6.42. The first kappa shape index (κ1) is 19.7.